The van der Waals surface area contributed by atoms with Crippen molar-refractivity contribution in [1.82, 2.24) is 0 Å². The Morgan fingerprint density at radius 3 is 2.12 bits per heavy atom. The van der Waals surface area contributed by atoms with Crippen LogP contribution in [0.5, 0.6) is 11.5 Å². The number of urea groups is 1. The first-order valence-corrected chi connectivity index (χ1v) is 7.16. The number of nitrogen functional groups attached to an aromatic ring is 1. The Morgan fingerprint density at radius 1 is 1.04 bits per heavy atom. The Balaban J connectivity index is 2.38. The highest BCUT2D eigenvalue weighted by molar-refractivity contribution is 6.18. The van der Waals surface area contributed by atoms with Crippen LogP contribution in [0.15, 0.2) is 42.5 Å². The number of hydrogen-bond donors (Lipinski definition) is 2. The topological polar surface area (TPSA) is 93.9 Å². The van der Waals surface area contributed by atoms with Gasteiger partial charge in [0, 0.05) is 12.6 Å². The molecule has 0 aliphatic rings. The summed E-state index contributed by atoms with van der Waals surface area (Å²) in [6.45, 7) is 1.29. The summed E-state index contributed by atoms with van der Waals surface area (Å²) >= 11 is 0. The molecule has 7 nitrogen and oxygen atoms in total. The van der Waals surface area contributed by atoms with Crippen LogP contribution >= 0.6 is 0 Å². The average molecular weight is 329 g/mol. The molecule has 0 radical (unpaired) electrons. The van der Waals surface area contributed by atoms with Crippen LogP contribution in [0.1, 0.15) is 6.92 Å². The van der Waals surface area contributed by atoms with E-state index < -0.39 is 11.9 Å². The molecule has 0 unspecified atom stereocenters. The van der Waals surface area contributed by atoms with E-state index in [4.69, 9.17) is 15.2 Å². The van der Waals surface area contributed by atoms with Crippen LogP contribution in [0.4, 0.5) is 21.9 Å². The number of methoxy groups -OCH3 is 2. The summed E-state index contributed by atoms with van der Waals surface area (Å²) in [5.41, 5.74) is 6.88. The van der Waals surface area contributed by atoms with Gasteiger partial charge in [-0.2, -0.15) is 0 Å². The van der Waals surface area contributed by atoms with Crippen LogP contribution in [-0.2, 0) is 4.79 Å². The van der Waals surface area contributed by atoms with Gasteiger partial charge in [-0.15, -0.1) is 0 Å². The lowest BCUT2D eigenvalue weighted by Gasteiger charge is -2.21. The molecule has 0 saturated heterocycles. The molecule has 0 fully saturated rings. The summed E-state index contributed by atoms with van der Waals surface area (Å²) in [7, 11) is 2.95. The molecule has 0 bridgehead atoms. The fraction of sp³-hybridized carbons (Fsp3) is 0.176. The lowest BCUT2D eigenvalue weighted by Crippen LogP contribution is -2.38. The van der Waals surface area contributed by atoms with Crippen molar-refractivity contribution in [3.05, 3.63) is 42.5 Å². The van der Waals surface area contributed by atoms with Crippen molar-refractivity contribution in [3.8, 4) is 11.5 Å². The maximum absolute atomic E-state index is 12.6. The largest absolute Gasteiger partial charge is 0.494 e. The number of amides is 3. The van der Waals surface area contributed by atoms with Gasteiger partial charge in [-0.1, -0.05) is 12.1 Å². The summed E-state index contributed by atoms with van der Waals surface area (Å²) < 4.78 is 10.5. The van der Waals surface area contributed by atoms with E-state index in [2.05, 4.69) is 5.32 Å². The van der Waals surface area contributed by atoms with Crippen LogP contribution in [0.3, 0.4) is 0 Å². The summed E-state index contributed by atoms with van der Waals surface area (Å²) in [6.07, 6.45) is 0. The highest BCUT2D eigenvalue weighted by Crippen LogP contribution is 2.34. The maximum Gasteiger partial charge on any atom is 0.333 e. The zero-order chi connectivity index (χ0) is 17.7. The molecule has 24 heavy (non-hydrogen) atoms. The summed E-state index contributed by atoms with van der Waals surface area (Å²) in [5.74, 6) is 0.379. The van der Waals surface area contributed by atoms with Gasteiger partial charge in [0.15, 0.2) is 0 Å². The molecule has 0 aromatic heterocycles. The number of carbonyl (C=O) groups excluding carboxylic acids is 2. The van der Waals surface area contributed by atoms with Gasteiger partial charge in [-0.25, -0.2) is 9.69 Å². The highest BCUT2D eigenvalue weighted by atomic mass is 16.5. The Kier molecular flexibility index (Phi) is 5.26. The minimum absolute atomic E-state index is 0.336. The van der Waals surface area contributed by atoms with Gasteiger partial charge in [0.05, 0.1) is 19.9 Å². The van der Waals surface area contributed by atoms with Crippen molar-refractivity contribution in [2.45, 2.75) is 6.92 Å². The number of carbonyl (C=O) groups is 2. The van der Waals surface area contributed by atoms with Crippen LogP contribution in [0.25, 0.3) is 0 Å². The Hall–Kier alpha value is -3.22. The molecule has 126 valence electrons. The van der Waals surface area contributed by atoms with Gasteiger partial charge in [0.2, 0.25) is 5.91 Å². The molecule has 0 saturated carbocycles. The predicted molar refractivity (Wildman–Crippen MR) is 92.6 cm³/mol. The number of anilines is 3. The number of rotatable bonds is 4. The fourth-order valence-electron chi connectivity index (χ4n) is 2.24. The van der Waals surface area contributed by atoms with Crippen LogP contribution in [-0.4, -0.2) is 26.2 Å². The van der Waals surface area contributed by atoms with Crippen LogP contribution in [0, 0.1) is 0 Å². The van der Waals surface area contributed by atoms with Gasteiger partial charge in [0.1, 0.15) is 17.2 Å². The molecule has 2 rings (SSSR count). The smallest absolute Gasteiger partial charge is 0.333 e. The molecule has 2 aromatic carbocycles. The Labute approximate surface area is 140 Å². The maximum atomic E-state index is 12.6. The second-order valence-corrected chi connectivity index (χ2v) is 4.92. The van der Waals surface area contributed by atoms with Gasteiger partial charge >= 0.3 is 6.03 Å². The number of nitrogens with two attached hydrogens (primary N) is 1. The second kappa shape index (κ2) is 7.36. The van der Waals surface area contributed by atoms with Crippen molar-refractivity contribution in [2.75, 3.05) is 30.2 Å². The lowest BCUT2D eigenvalue weighted by molar-refractivity contribution is -0.115. The SMILES string of the molecule is COc1cccc(OC)c1NC(=O)N(C(C)=O)c1cccc(N)c1. The van der Waals surface area contributed by atoms with Crippen molar-refractivity contribution < 1.29 is 19.1 Å². The monoisotopic (exact) mass is 329 g/mol. The molecule has 0 aliphatic heterocycles. The number of hydrogen-bond acceptors (Lipinski definition) is 5. The van der Waals surface area contributed by atoms with E-state index in [1.807, 2.05) is 0 Å². The summed E-state index contributed by atoms with van der Waals surface area (Å²) in [4.78, 5) is 25.6. The van der Waals surface area contributed by atoms with E-state index in [1.165, 1.54) is 21.1 Å². The first-order chi connectivity index (χ1) is 11.5. The molecule has 0 atom stereocenters. The number of imide groups is 1. The molecular weight excluding hydrogens is 310 g/mol. The minimum Gasteiger partial charge on any atom is -0.494 e. The number of ether oxygens (including phenoxy) is 2. The van der Waals surface area contributed by atoms with Crippen molar-refractivity contribution in [2.24, 2.45) is 0 Å². The van der Waals surface area contributed by atoms with E-state index >= 15 is 0 Å². The number of para-hydroxylation sites is 1. The second-order valence-electron chi connectivity index (χ2n) is 4.92. The third kappa shape index (κ3) is 3.57. The normalized spacial score (nSPS) is 9.96. The van der Waals surface area contributed by atoms with Crippen molar-refractivity contribution >= 4 is 29.0 Å². The van der Waals surface area contributed by atoms with Crippen molar-refractivity contribution in [3.63, 3.8) is 0 Å². The van der Waals surface area contributed by atoms with Crippen LogP contribution < -0.4 is 25.4 Å². The molecule has 3 amide bonds. The lowest BCUT2D eigenvalue weighted by atomic mass is 10.2. The molecule has 0 aliphatic carbocycles. The zero-order valence-electron chi connectivity index (χ0n) is 13.7. The predicted octanol–water partition coefficient (Wildman–Crippen LogP) is 2.87. The molecule has 3 N–H and O–H groups in total. The van der Waals surface area contributed by atoms with Crippen LogP contribution in [0.2, 0.25) is 0 Å². The molecule has 2 aromatic rings. The fourth-order valence-corrected chi connectivity index (χ4v) is 2.24. The zero-order valence-corrected chi connectivity index (χ0v) is 13.7. The molecule has 0 spiro atoms. The standard InChI is InChI=1S/C17H19N3O4/c1-11(21)20(13-7-4-6-12(18)10-13)17(22)19-16-14(23-2)8-5-9-15(16)24-3/h4-10H,18H2,1-3H3,(H,19,22). The first kappa shape index (κ1) is 17.1. The third-order valence-electron chi connectivity index (χ3n) is 3.31. The molecule has 7 heteroatoms. The number of nitrogens with zero attached hydrogens (tertiary/aromatic N) is 1. The first-order valence-electron chi connectivity index (χ1n) is 7.16. The van der Waals surface area contributed by atoms with E-state index in [-0.39, 0.29) is 0 Å². The average Bonchev–Trinajstić information content (AvgIpc) is 2.54. The van der Waals surface area contributed by atoms with Crippen molar-refractivity contribution in [1.29, 1.82) is 0 Å². The van der Waals surface area contributed by atoms with Gasteiger partial charge in [-0.3, -0.25) is 4.79 Å². The van der Waals surface area contributed by atoms with E-state index in [0.717, 1.165) is 4.90 Å². The van der Waals surface area contributed by atoms with Gasteiger partial charge in [0.25, 0.3) is 0 Å². The van der Waals surface area contributed by atoms with Gasteiger partial charge in [-0.05, 0) is 30.3 Å². The Bertz CT molecular complexity index is 739. The third-order valence-corrected chi connectivity index (χ3v) is 3.31. The van der Waals surface area contributed by atoms with E-state index in [1.54, 1.807) is 42.5 Å². The number of benzene rings is 2. The Morgan fingerprint density at radius 2 is 1.62 bits per heavy atom. The highest BCUT2D eigenvalue weighted by Gasteiger charge is 2.23. The minimum atomic E-state index is -0.643. The summed E-state index contributed by atoms with van der Waals surface area (Å²) in [6, 6.07) is 10.9. The van der Waals surface area contributed by atoms with E-state index in [9.17, 15) is 9.59 Å². The quantitative estimate of drug-likeness (QED) is 0.841. The molecule has 0 heterocycles. The van der Waals surface area contributed by atoms with Gasteiger partial charge < -0.3 is 20.5 Å². The molecular formula is C17H19N3O4. The summed E-state index contributed by atoms with van der Waals surface area (Å²) in [5, 5.41) is 2.66. The van der Waals surface area contributed by atoms with E-state index in [0.29, 0.717) is 28.6 Å². The number of nitrogens with one attached hydrogen (secondary N) is 1.